The summed E-state index contributed by atoms with van der Waals surface area (Å²) in [5.74, 6) is 1.15. The number of hydrazone groups is 1. The molecule has 0 bridgehead atoms. The number of aromatic hydroxyl groups is 2. The van der Waals surface area contributed by atoms with Gasteiger partial charge < -0.3 is 10.2 Å². The Morgan fingerprint density at radius 1 is 0.778 bits per heavy atom. The Morgan fingerprint density at radius 2 is 1.48 bits per heavy atom. The molecule has 4 rings (SSSR count). The van der Waals surface area contributed by atoms with E-state index in [0.717, 1.165) is 10.9 Å². The van der Waals surface area contributed by atoms with Gasteiger partial charge in [-0.15, -0.1) is 0 Å². The zero-order chi connectivity index (χ0) is 18.6. The first-order valence-corrected chi connectivity index (χ1v) is 8.34. The van der Waals surface area contributed by atoms with Crippen molar-refractivity contribution in [2.24, 2.45) is 5.10 Å². The lowest BCUT2D eigenvalue weighted by Crippen LogP contribution is -1.99. The maximum Gasteiger partial charge on any atom is 0.165 e. The molecule has 0 atom stereocenters. The molecule has 0 aliphatic carbocycles. The number of para-hydroxylation sites is 3. The van der Waals surface area contributed by atoms with Crippen molar-refractivity contribution in [1.82, 2.24) is 9.97 Å². The van der Waals surface area contributed by atoms with Crippen LogP contribution in [-0.4, -0.2) is 26.4 Å². The van der Waals surface area contributed by atoms with E-state index in [1.54, 1.807) is 36.4 Å². The van der Waals surface area contributed by atoms with Crippen molar-refractivity contribution in [2.45, 2.75) is 0 Å². The Bertz CT molecular complexity index is 1140. The van der Waals surface area contributed by atoms with Crippen molar-refractivity contribution in [1.29, 1.82) is 0 Å². The number of benzene rings is 3. The fourth-order valence-corrected chi connectivity index (χ4v) is 2.70. The van der Waals surface area contributed by atoms with Crippen molar-refractivity contribution in [2.75, 3.05) is 5.43 Å². The van der Waals surface area contributed by atoms with Gasteiger partial charge in [-0.1, -0.05) is 36.4 Å². The highest BCUT2D eigenvalue weighted by Gasteiger charge is 2.11. The van der Waals surface area contributed by atoms with Gasteiger partial charge in [0.1, 0.15) is 11.5 Å². The van der Waals surface area contributed by atoms with Crippen LogP contribution in [0.3, 0.4) is 0 Å². The summed E-state index contributed by atoms with van der Waals surface area (Å²) < 4.78 is 0. The maximum absolute atomic E-state index is 10.1. The second-order valence-electron chi connectivity index (χ2n) is 5.86. The van der Waals surface area contributed by atoms with Crippen molar-refractivity contribution >= 4 is 22.9 Å². The third kappa shape index (κ3) is 3.41. The molecule has 6 nitrogen and oxygen atoms in total. The van der Waals surface area contributed by atoms with Gasteiger partial charge in [-0.3, -0.25) is 5.43 Å². The molecule has 0 spiro atoms. The quantitative estimate of drug-likeness (QED) is 0.377. The first kappa shape index (κ1) is 16.5. The highest BCUT2D eigenvalue weighted by Crippen LogP contribution is 2.29. The van der Waals surface area contributed by atoms with Crippen molar-refractivity contribution in [3.05, 3.63) is 78.4 Å². The molecule has 0 amide bonds. The van der Waals surface area contributed by atoms with Crippen LogP contribution in [0.5, 0.6) is 11.5 Å². The molecule has 0 saturated heterocycles. The number of phenolic OH excluding ortho intramolecular Hbond substituents is 2. The number of nitrogens with one attached hydrogen (secondary N) is 1. The monoisotopic (exact) mass is 356 g/mol. The molecule has 0 aliphatic heterocycles. The average molecular weight is 356 g/mol. The third-order valence-corrected chi connectivity index (χ3v) is 4.06. The van der Waals surface area contributed by atoms with Crippen LogP contribution in [0, 0.1) is 0 Å². The van der Waals surface area contributed by atoms with Crippen molar-refractivity contribution in [3.8, 4) is 22.9 Å². The average Bonchev–Trinajstić information content (AvgIpc) is 2.69. The number of aromatic nitrogens is 2. The van der Waals surface area contributed by atoms with Gasteiger partial charge in [-0.05, 0) is 36.4 Å². The molecule has 3 aromatic carbocycles. The van der Waals surface area contributed by atoms with Gasteiger partial charge in [-0.25, -0.2) is 9.97 Å². The predicted molar refractivity (Wildman–Crippen MR) is 106 cm³/mol. The molecule has 3 N–H and O–H groups in total. The Kier molecular flexibility index (Phi) is 4.37. The standard InChI is InChI=1S/C21H16N4O2/c26-18-11-5-1-7-14(18)13-22-25-21-15-8-2-4-10-17(15)23-20(24-21)16-9-3-6-12-19(16)27/h1-13,26-27H,(H,23,24,25). The minimum atomic E-state index is 0.108. The van der Waals surface area contributed by atoms with Gasteiger partial charge >= 0.3 is 0 Å². The van der Waals surface area contributed by atoms with Crippen LogP contribution in [0.1, 0.15) is 5.56 Å². The van der Waals surface area contributed by atoms with Crippen molar-refractivity contribution < 1.29 is 10.2 Å². The first-order valence-electron chi connectivity index (χ1n) is 8.34. The number of anilines is 1. The molecule has 6 heteroatoms. The van der Waals surface area contributed by atoms with Crippen LogP contribution >= 0.6 is 0 Å². The highest BCUT2D eigenvalue weighted by atomic mass is 16.3. The molecule has 4 aromatic rings. The smallest absolute Gasteiger partial charge is 0.165 e. The van der Waals surface area contributed by atoms with E-state index >= 15 is 0 Å². The molecule has 0 aliphatic rings. The number of nitrogens with zero attached hydrogens (tertiary/aromatic N) is 3. The van der Waals surface area contributed by atoms with Gasteiger partial charge in [0.05, 0.1) is 17.3 Å². The van der Waals surface area contributed by atoms with E-state index in [0.29, 0.717) is 22.8 Å². The summed E-state index contributed by atoms with van der Waals surface area (Å²) in [6.45, 7) is 0. The van der Waals surface area contributed by atoms with E-state index in [1.807, 2.05) is 36.4 Å². The second-order valence-corrected chi connectivity index (χ2v) is 5.86. The second kappa shape index (κ2) is 7.13. The minimum absolute atomic E-state index is 0.108. The van der Waals surface area contributed by atoms with Crippen LogP contribution in [0.4, 0.5) is 5.82 Å². The van der Waals surface area contributed by atoms with Gasteiger partial charge in [0.25, 0.3) is 0 Å². The number of hydrogen-bond donors (Lipinski definition) is 3. The molecule has 0 unspecified atom stereocenters. The summed E-state index contributed by atoms with van der Waals surface area (Å²) in [7, 11) is 0. The molecule has 0 fully saturated rings. The van der Waals surface area contributed by atoms with E-state index in [2.05, 4.69) is 20.5 Å². The van der Waals surface area contributed by atoms with Gasteiger partial charge in [0.15, 0.2) is 11.6 Å². The van der Waals surface area contributed by atoms with Gasteiger partial charge in [0.2, 0.25) is 0 Å². The fourth-order valence-electron chi connectivity index (χ4n) is 2.70. The van der Waals surface area contributed by atoms with Crippen LogP contribution in [0.15, 0.2) is 77.9 Å². The van der Waals surface area contributed by atoms with Gasteiger partial charge in [0, 0.05) is 10.9 Å². The summed E-state index contributed by atoms with van der Waals surface area (Å²) in [6.07, 6.45) is 1.52. The Morgan fingerprint density at radius 3 is 2.30 bits per heavy atom. The first-order chi connectivity index (χ1) is 13.2. The van der Waals surface area contributed by atoms with Gasteiger partial charge in [-0.2, -0.15) is 5.10 Å². The molecule has 1 aromatic heterocycles. The highest BCUT2D eigenvalue weighted by molar-refractivity contribution is 5.91. The lowest BCUT2D eigenvalue weighted by atomic mass is 10.1. The topological polar surface area (TPSA) is 90.6 Å². The fraction of sp³-hybridized carbons (Fsp3) is 0. The SMILES string of the molecule is Oc1ccccc1C=NNc1nc(-c2ccccc2O)nc2ccccc12. The zero-order valence-corrected chi connectivity index (χ0v) is 14.2. The number of fused-ring (bicyclic) bond motifs is 1. The predicted octanol–water partition coefficient (Wildman–Crippen LogP) is 4.15. The minimum Gasteiger partial charge on any atom is -0.507 e. The molecular formula is C21H16N4O2. The van der Waals surface area contributed by atoms with E-state index in [4.69, 9.17) is 0 Å². The molecule has 0 radical (unpaired) electrons. The largest absolute Gasteiger partial charge is 0.507 e. The maximum atomic E-state index is 10.1. The Labute approximate surface area is 155 Å². The van der Waals surface area contributed by atoms with E-state index in [1.165, 1.54) is 6.21 Å². The number of phenols is 2. The van der Waals surface area contributed by atoms with E-state index in [9.17, 15) is 10.2 Å². The summed E-state index contributed by atoms with van der Waals surface area (Å²) in [6, 6.07) is 21.4. The lowest BCUT2D eigenvalue weighted by Gasteiger charge is -2.09. The lowest BCUT2D eigenvalue weighted by molar-refractivity contribution is 0.474. The molecule has 132 valence electrons. The molecule has 1 heterocycles. The van der Waals surface area contributed by atoms with Crippen LogP contribution < -0.4 is 5.43 Å². The van der Waals surface area contributed by atoms with E-state index < -0.39 is 0 Å². The summed E-state index contributed by atoms with van der Waals surface area (Å²) in [5, 5.41) is 24.9. The number of hydrogen-bond acceptors (Lipinski definition) is 6. The molecular weight excluding hydrogens is 340 g/mol. The van der Waals surface area contributed by atoms with Crippen LogP contribution in [-0.2, 0) is 0 Å². The van der Waals surface area contributed by atoms with Crippen LogP contribution in [0.25, 0.3) is 22.3 Å². The summed E-state index contributed by atoms with van der Waals surface area (Å²) in [4.78, 5) is 9.07. The van der Waals surface area contributed by atoms with E-state index in [-0.39, 0.29) is 11.5 Å². The van der Waals surface area contributed by atoms with Crippen molar-refractivity contribution in [3.63, 3.8) is 0 Å². The summed E-state index contributed by atoms with van der Waals surface area (Å²) >= 11 is 0. The Hall–Kier alpha value is -3.93. The third-order valence-electron chi connectivity index (χ3n) is 4.06. The normalized spacial score (nSPS) is 11.1. The molecule has 27 heavy (non-hydrogen) atoms. The summed E-state index contributed by atoms with van der Waals surface area (Å²) in [5.41, 5.74) is 4.77. The Balaban J connectivity index is 1.75. The molecule has 0 saturated carbocycles. The zero-order valence-electron chi connectivity index (χ0n) is 14.2. The van der Waals surface area contributed by atoms with Crippen LogP contribution in [0.2, 0.25) is 0 Å². The number of rotatable bonds is 4.